The van der Waals surface area contributed by atoms with E-state index in [0.29, 0.717) is 0 Å². The predicted octanol–water partition coefficient (Wildman–Crippen LogP) is 3.80. The molecule has 0 bridgehead atoms. The van der Waals surface area contributed by atoms with E-state index in [1.54, 1.807) is 11.3 Å². The maximum absolute atomic E-state index is 10.7. The monoisotopic (exact) mass is 236 g/mol. The maximum atomic E-state index is 10.7. The molecule has 2 rings (SSSR count). The SMILES string of the molecule is O=Cc1cscc1Cc1cccc(Cl)c1. The third-order valence-electron chi connectivity index (χ3n) is 2.19. The number of rotatable bonds is 3. The van der Waals surface area contributed by atoms with E-state index in [1.807, 2.05) is 35.0 Å². The minimum absolute atomic E-state index is 0.732. The molecule has 0 atom stereocenters. The highest BCUT2D eigenvalue weighted by molar-refractivity contribution is 7.08. The van der Waals surface area contributed by atoms with Gasteiger partial charge in [0.1, 0.15) is 0 Å². The number of benzene rings is 1. The standard InChI is InChI=1S/C12H9ClOS/c13-12-3-1-2-9(5-12)4-10-7-15-8-11(10)6-14/h1-3,5-8H,4H2. The first-order valence-corrected chi connectivity index (χ1v) is 5.86. The molecule has 0 aliphatic rings. The summed E-state index contributed by atoms with van der Waals surface area (Å²) in [6.45, 7) is 0. The molecular weight excluding hydrogens is 228 g/mol. The Morgan fingerprint density at radius 1 is 1.33 bits per heavy atom. The summed E-state index contributed by atoms with van der Waals surface area (Å²) in [6.07, 6.45) is 1.66. The number of hydrogen-bond acceptors (Lipinski definition) is 2. The third kappa shape index (κ3) is 2.46. The molecule has 0 saturated heterocycles. The molecule has 0 fully saturated rings. The van der Waals surface area contributed by atoms with Crippen molar-refractivity contribution in [1.82, 2.24) is 0 Å². The Balaban J connectivity index is 2.25. The lowest BCUT2D eigenvalue weighted by molar-refractivity contribution is 0.112. The van der Waals surface area contributed by atoms with Gasteiger partial charge in [0.25, 0.3) is 0 Å². The van der Waals surface area contributed by atoms with Gasteiger partial charge in [-0.3, -0.25) is 4.79 Å². The zero-order valence-electron chi connectivity index (χ0n) is 7.94. The molecule has 0 radical (unpaired) electrons. The molecule has 0 N–H and O–H groups in total. The molecule has 1 heterocycles. The van der Waals surface area contributed by atoms with Crippen LogP contribution in [0.3, 0.4) is 0 Å². The highest BCUT2D eigenvalue weighted by Crippen LogP contribution is 2.19. The van der Waals surface area contributed by atoms with Crippen LogP contribution in [0.4, 0.5) is 0 Å². The molecule has 0 unspecified atom stereocenters. The summed E-state index contributed by atoms with van der Waals surface area (Å²) in [4.78, 5) is 10.7. The van der Waals surface area contributed by atoms with Crippen molar-refractivity contribution in [3.8, 4) is 0 Å². The van der Waals surface area contributed by atoms with Gasteiger partial charge in [-0.25, -0.2) is 0 Å². The van der Waals surface area contributed by atoms with Crippen molar-refractivity contribution in [3.05, 3.63) is 56.7 Å². The molecule has 0 spiro atoms. The molecule has 1 aromatic heterocycles. The fourth-order valence-electron chi connectivity index (χ4n) is 1.45. The van der Waals surface area contributed by atoms with E-state index in [4.69, 9.17) is 11.6 Å². The largest absolute Gasteiger partial charge is 0.298 e. The fraction of sp³-hybridized carbons (Fsp3) is 0.0833. The normalized spacial score (nSPS) is 10.2. The third-order valence-corrected chi connectivity index (χ3v) is 3.23. The Hall–Kier alpha value is -1.12. The smallest absolute Gasteiger partial charge is 0.151 e. The molecule has 0 aliphatic heterocycles. The first-order chi connectivity index (χ1) is 7.29. The van der Waals surface area contributed by atoms with Crippen LogP contribution in [0.5, 0.6) is 0 Å². The van der Waals surface area contributed by atoms with Gasteiger partial charge in [0.15, 0.2) is 6.29 Å². The summed E-state index contributed by atoms with van der Waals surface area (Å²) in [5.74, 6) is 0. The van der Waals surface area contributed by atoms with Gasteiger partial charge in [-0.05, 0) is 35.1 Å². The minimum atomic E-state index is 0.732. The van der Waals surface area contributed by atoms with Gasteiger partial charge in [-0.15, -0.1) is 0 Å². The summed E-state index contributed by atoms with van der Waals surface area (Å²) in [5, 5.41) is 4.60. The molecule has 2 aromatic rings. The first kappa shape index (κ1) is 10.4. The topological polar surface area (TPSA) is 17.1 Å². The zero-order chi connectivity index (χ0) is 10.7. The average Bonchev–Trinajstić information content (AvgIpc) is 2.65. The molecule has 15 heavy (non-hydrogen) atoms. The van der Waals surface area contributed by atoms with Crippen LogP contribution >= 0.6 is 22.9 Å². The summed E-state index contributed by atoms with van der Waals surface area (Å²) in [5.41, 5.74) is 2.97. The van der Waals surface area contributed by atoms with Crippen molar-refractivity contribution in [2.45, 2.75) is 6.42 Å². The average molecular weight is 237 g/mol. The highest BCUT2D eigenvalue weighted by Gasteiger charge is 2.04. The van der Waals surface area contributed by atoms with E-state index in [0.717, 1.165) is 34.4 Å². The predicted molar refractivity (Wildman–Crippen MR) is 64.0 cm³/mol. The zero-order valence-corrected chi connectivity index (χ0v) is 9.52. The van der Waals surface area contributed by atoms with Crippen LogP contribution in [0.15, 0.2) is 35.0 Å². The van der Waals surface area contributed by atoms with Crippen LogP contribution < -0.4 is 0 Å². The lowest BCUT2D eigenvalue weighted by Gasteiger charge is -2.00. The molecule has 0 amide bonds. The lowest BCUT2D eigenvalue weighted by atomic mass is 10.1. The number of thiophene rings is 1. The fourth-order valence-corrected chi connectivity index (χ4v) is 2.47. The maximum Gasteiger partial charge on any atom is 0.151 e. The van der Waals surface area contributed by atoms with Crippen molar-refractivity contribution < 1.29 is 4.79 Å². The van der Waals surface area contributed by atoms with Crippen LogP contribution in [-0.4, -0.2) is 6.29 Å². The highest BCUT2D eigenvalue weighted by atomic mass is 35.5. The second kappa shape index (κ2) is 4.60. The van der Waals surface area contributed by atoms with E-state index >= 15 is 0 Å². The first-order valence-electron chi connectivity index (χ1n) is 4.54. The lowest BCUT2D eigenvalue weighted by Crippen LogP contribution is -1.89. The molecule has 0 aliphatic carbocycles. The van der Waals surface area contributed by atoms with E-state index in [2.05, 4.69) is 0 Å². The minimum Gasteiger partial charge on any atom is -0.298 e. The van der Waals surface area contributed by atoms with E-state index < -0.39 is 0 Å². The number of carbonyl (C=O) groups excluding carboxylic acids is 1. The number of hydrogen-bond donors (Lipinski definition) is 0. The van der Waals surface area contributed by atoms with Gasteiger partial charge >= 0.3 is 0 Å². The van der Waals surface area contributed by atoms with Crippen molar-refractivity contribution in [3.63, 3.8) is 0 Å². The second-order valence-electron chi connectivity index (χ2n) is 3.28. The Labute approximate surface area is 97.3 Å². The van der Waals surface area contributed by atoms with Gasteiger partial charge in [0.05, 0.1) is 0 Å². The Kier molecular flexibility index (Phi) is 3.19. The molecule has 1 aromatic carbocycles. The summed E-state index contributed by atoms with van der Waals surface area (Å²) in [7, 11) is 0. The quantitative estimate of drug-likeness (QED) is 0.741. The van der Waals surface area contributed by atoms with Gasteiger partial charge in [-0.1, -0.05) is 23.7 Å². The van der Waals surface area contributed by atoms with Crippen molar-refractivity contribution in [2.24, 2.45) is 0 Å². The van der Waals surface area contributed by atoms with Crippen molar-refractivity contribution in [2.75, 3.05) is 0 Å². The summed E-state index contributed by atoms with van der Waals surface area (Å²) in [6, 6.07) is 7.70. The number of carbonyl (C=O) groups is 1. The van der Waals surface area contributed by atoms with Crippen LogP contribution in [-0.2, 0) is 6.42 Å². The van der Waals surface area contributed by atoms with Crippen LogP contribution in [0, 0.1) is 0 Å². The second-order valence-corrected chi connectivity index (χ2v) is 4.46. The number of aldehydes is 1. The Bertz CT molecular complexity index is 476. The molecule has 0 saturated carbocycles. The van der Waals surface area contributed by atoms with E-state index in [-0.39, 0.29) is 0 Å². The molecule has 1 nitrogen and oxygen atoms in total. The molecule has 3 heteroatoms. The van der Waals surface area contributed by atoms with E-state index in [9.17, 15) is 4.79 Å². The van der Waals surface area contributed by atoms with Gasteiger partial charge < -0.3 is 0 Å². The molecule has 76 valence electrons. The van der Waals surface area contributed by atoms with Gasteiger partial charge in [0.2, 0.25) is 0 Å². The molecular formula is C12H9ClOS. The Morgan fingerprint density at radius 3 is 2.93 bits per heavy atom. The van der Waals surface area contributed by atoms with E-state index in [1.165, 1.54) is 0 Å². The van der Waals surface area contributed by atoms with Crippen LogP contribution in [0.1, 0.15) is 21.5 Å². The Morgan fingerprint density at radius 2 is 2.20 bits per heavy atom. The van der Waals surface area contributed by atoms with Crippen LogP contribution in [0.2, 0.25) is 5.02 Å². The van der Waals surface area contributed by atoms with Gasteiger partial charge in [0, 0.05) is 16.0 Å². The van der Waals surface area contributed by atoms with Crippen LogP contribution in [0.25, 0.3) is 0 Å². The van der Waals surface area contributed by atoms with Crippen molar-refractivity contribution in [1.29, 1.82) is 0 Å². The van der Waals surface area contributed by atoms with Crippen molar-refractivity contribution >= 4 is 29.2 Å². The number of halogens is 1. The van der Waals surface area contributed by atoms with Gasteiger partial charge in [-0.2, -0.15) is 11.3 Å². The summed E-state index contributed by atoms with van der Waals surface area (Å²) < 4.78 is 0. The summed E-state index contributed by atoms with van der Waals surface area (Å²) >= 11 is 7.44.